The summed E-state index contributed by atoms with van der Waals surface area (Å²) >= 11 is 6.17. The number of guanidine groups is 1. The van der Waals surface area contributed by atoms with Crippen LogP contribution in [0.15, 0.2) is 4.99 Å². The first-order valence-electron chi connectivity index (χ1n) is 12.8. The topological polar surface area (TPSA) is 68.8 Å². The Bertz CT molecular complexity index is 787. The van der Waals surface area contributed by atoms with Crippen molar-refractivity contribution in [1.82, 2.24) is 21.1 Å². The van der Waals surface area contributed by atoms with Crippen molar-refractivity contribution in [3.63, 3.8) is 0 Å². The molecule has 8 unspecified atom stereocenters. The van der Waals surface area contributed by atoms with Crippen LogP contribution >= 0.6 is 11.6 Å². The Morgan fingerprint density at radius 1 is 0.944 bits per heavy atom. The summed E-state index contributed by atoms with van der Waals surface area (Å²) in [6, 6.07) is -2.40. The van der Waals surface area contributed by atoms with E-state index < -0.39 is 60.1 Å². The van der Waals surface area contributed by atoms with Gasteiger partial charge in [-0.3, -0.25) is 10.1 Å². The molecule has 0 aromatic rings. The molecule has 3 saturated carbocycles. The third-order valence-corrected chi connectivity index (χ3v) is 8.06. The van der Waals surface area contributed by atoms with E-state index in [1.54, 1.807) is 0 Å². The summed E-state index contributed by atoms with van der Waals surface area (Å²) in [5.41, 5.74) is 2.56. The molecular weight excluding hydrogens is 512 g/mol. The van der Waals surface area contributed by atoms with E-state index in [0.29, 0.717) is 6.42 Å². The number of rotatable bonds is 4. The maximum atomic E-state index is 14.1. The van der Waals surface area contributed by atoms with Crippen LogP contribution in [0.5, 0.6) is 0 Å². The van der Waals surface area contributed by atoms with Crippen LogP contribution in [0, 0.1) is 5.92 Å². The highest BCUT2D eigenvalue weighted by molar-refractivity contribution is 6.20. The van der Waals surface area contributed by atoms with Crippen LogP contribution < -0.4 is 16.1 Å². The summed E-state index contributed by atoms with van der Waals surface area (Å²) in [6.07, 6.45) is -6.57. The van der Waals surface area contributed by atoms with Crippen molar-refractivity contribution >= 4 is 23.5 Å². The Balaban J connectivity index is 1.54. The van der Waals surface area contributed by atoms with E-state index in [2.05, 4.69) is 21.1 Å². The molecule has 4 aliphatic rings. The van der Waals surface area contributed by atoms with Gasteiger partial charge < -0.3 is 5.32 Å². The third kappa shape index (κ3) is 6.98. The molecule has 0 aromatic carbocycles. The van der Waals surface area contributed by atoms with E-state index in [0.717, 1.165) is 25.7 Å². The average Bonchev–Trinajstić information content (AvgIpc) is 3.44. The van der Waals surface area contributed by atoms with Crippen molar-refractivity contribution in [3.8, 4) is 0 Å². The van der Waals surface area contributed by atoms with E-state index in [-0.39, 0.29) is 50.5 Å². The fourth-order valence-corrected chi connectivity index (χ4v) is 6.19. The standard InChI is InChI=1S/C23H34ClF6N5O/c24-13-8-14(25)10-15(9-13)31-22(33-21(36)12-5-6-17(26)18(27)7-12)32-20-11-19(23(28,29)30)34-35(20)16-3-1-2-4-16/h12-20,34H,1-11H2,(H2,31,32,33,36). The molecule has 36 heavy (non-hydrogen) atoms. The highest BCUT2D eigenvalue weighted by Crippen LogP contribution is 2.35. The largest absolute Gasteiger partial charge is 0.405 e. The number of hydrogen-bond acceptors (Lipinski definition) is 4. The molecule has 206 valence electrons. The molecule has 1 amide bonds. The zero-order chi connectivity index (χ0) is 26.0. The molecule has 0 radical (unpaired) electrons. The number of nitrogens with zero attached hydrogens (tertiary/aromatic N) is 2. The fraction of sp³-hybridized carbons (Fsp3) is 0.913. The van der Waals surface area contributed by atoms with Crippen LogP contribution in [-0.2, 0) is 4.79 Å². The van der Waals surface area contributed by atoms with Gasteiger partial charge in [0.2, 0.25) is 5.91 Å². The minimum atomic E-state index is -4.48. The second-order valence-electron chi connectivity index (χ2n) is 10.5. The van der Waals surface area contributed by atoms with Gasteiger partial charge in [0, 0.05) is 29.8 Å². The van der Waals surface area contributed by atoms with Gasteiger partial charge in [0.05, 0.1) is 0 Å². The summed E-state index contributed by atoms with van der Waals surface area (Å²) in [4.78, 5) is 17.4. The van der Waals surface area contributed by atoms with E-state index >= 15 is 0 Å². The number of aliphatic imine (C=N–C) groups is 1. The molecule has 3 aliphatic carbocycles. The van der Waals surface area contributed by atoms with Crippen LogP contribution in [0.4, 0.5) is 26.3 Å². The lowest BCUT2D eigenvalue weighted by Crippen LogP contribution is -2.52. The summed E-state index contributed by atoms with van der Waals surface area (Å²) < 4.78 is 82.3. The van der Waals surface area contributed by atoms with Crippen molar-refractivity contribution < 1.29 is 31.1 Å². The molecule has 0 spiro atoms. The van der Waals surface area contributed by atoms with Gasteiger partial charge in [0.1, 0.15) is 30.7 Å². The van der Waals surface area contributed by atoms with Gasteiger partial charge in [-0.1, -0.05) is 12.8 Å². The summed E-state index contributed by atoms with van der Waals surface area (Å²) in [6.45, 7) is 0. The molecule has 0 bridgehead atoms. The quantitative estimate of drug-likeness (QED) is 0.212. The highest BCUT2D eigenvalue weighted by Gasteiger charge is 2.49. The molecule has 0 aromatic heterocycles. The number of nitrogens with one attached hydrogen (secondary N) is 3. The van der Waals surface area contributed by atoms with Crippen LogP contribution in [-0.4, -0.2) is 71.2 Å². The monoisotopic (exact) mass is 545 g/mol. The molecule has 3 N–H and O–H groups in total. The van der Waals surface area contributed by atoms with Crippen molar-refractivity contribution in [2.45, 2.75) is 125 Å². The van der Waals surface area contributed by atoms with E-state index in [1.807, 2.05) is 0 Å². The molecule has 1 heterocycles. The molecule has 4 rings (SSSR count). The molecule has 8 atom stereocenters. The summed E-state index contributed by atoms with van der Waals surface area (Å²) in [7, 11) is 0. The summed E-state index contributed by atoms with van der Waals surface area (Å²) in [5.74, 6) is -1.47. The Kier molecular flexibility index (Phi) is 8.97. The first-order valence-corrected chi connectivity index (χ1v) is 13.3. The van der Waals surface area contributed by atoms with Crippen LogP contribution in [0.2, 0.25) is 0 Å². The first kappa shape index (κ1) is 27.8. The molecule has 1 aliphatic heterocycles. The second-order valence-corrected chi connectivity index (χ2v) is 11.2. The Hall–Kier alpha value is -1.27. The molecule has 6 nitrogen and oxygen atoms in total. The maximum Gasteiger partial charge on any atom is 0.405 e. The number of amides is 1. The van der Waals surface area contributed by atoms with Crippen molar-refractivity contribution in [2.75, 3.05) is 0 Å². The van der Waals surface area contributed by atoms with Crippen LogP contribution in [0.25, 0.3) is 0 Å². The summed E-state index contributed by atoms with van der Waals surface area (Å²) in [5, 5.41) is 6.67. The normalized spacial score (nSPS) is 39.4. The Morgan fingerprint density at radius 3 is 2.31 bits per heavy atom. The second kappa shape index (κ2) is 11.6. The van der Waals surface area contributed by atoms with Crippen molar-refractivity contribution in [2.24, 2.45) is 10.9 Å². The molecule has 4 fully saturated rings. The lowest BCUT2D eigenvalue weighted by molar-refractivity contribution is -0.157. The predicted octanol–water partition coefficient (Wildman–Crippen LogP) is 4.43. The third-order valence-electron chi connectivity index (χ3n) is 7.70. The van der Waals surface area contributed by atoms with Crippen molar-refractivity contribution in [3.05, 3.63) is 0 Å². The Morgan fingerprint density at radius 2 is 1.67 bits per heavy atom. The van der Waals surface area contributed by atoms with Gasteiger partial charge in [0.25, 0.3) is 0 Å². The number of halogens is 7. The van der Waals surface area contributed by atoms with E-state index in [1.165, 1.54) is 5.01 Å². The average molecular weight is 546 g/mol. The maximum absolute atomic E-state index is 14.1. The molecular formula is C23H34ClF6N5O. The molecule has 13 heteroatoms. The predicted molar refractivity (Wildman–Crippen MR) is 124 cm³/mol. The first-order chi connectivity index (χ1) is 17.0. The minimum Gasteiger partial charge on any atom is -0.353 e. The number of hydrazine groups is 1. The highest BCUT2D eigenvalue weighted by atomic mass is 35.5. The van der Waals surface area contributed by atoms with Gasteiger partial charge in [-0.2, -0.15) is 13.2 Å². The van der Waals surface area contributed by atoms with Gasteiger partial charge in [-0.25, -0.2) is 28.6 Å². The van der Waals surface area contributed by atoms with Gasteiger partial charge in [-0.05, 0) is 51.4 Å². The van der Waals surface area contributed by atoms with Gasteiger partial charge in [0.15, 0.2) is 5.96 Å². The molecule has 1 saturated heterocycles. The Labute approximate surface area is 211 Å². The zero-order valence-corrected chi connectivity index (χ0v) is 20.7. The smallest absolute Gasteiger partial charge is 0.353 e. The number of carbonyl (C=O) groups excluding carboxylic acids is 1. The SMILES string of the molecule is O=C(N/C(=N\C1CC(C(F)(F)F)NN1C1CCCC1)NC1CC(F)CC(Cl)C1)C1CCC(F)C(F)C1. The van der Waals surface area contributed by atoms with Crippen molar-refractivity contribution in [1.29, 1.82) is 0 Å². The van der Waals surface area contributed by atoms with Crippen LogP contribution in [0.3, 0.4) is 0 Å². The number of carbonyl (C=O) groups is 1. The number of hydrogen-bond donors (Lipinski definition) is 3. The van der Waals surface area contributed by atoms with Gasteiger partial charge in [-0.15, -0.1) is 11.6 Å². The van der Waals surface area contributed by atoms with Crippen LogP contribution in [0.1, 0.15) is 70.6 Å². The van der Waals surface area contributed by atoms with E-state index in [9.17, 15) is 31.1 Å². The van der Waals surface area contributed by atoms with Gasteiger partial charge >= 0.3 is 6.18 Å². The zero-order valence-electron chi connectivity index (χ0n) is 19.9. The van der Waals surface area contributed by atoms with E-state index in [4.69, 9.17) is 11.6 Å². The lowest BCUT2D eigenvalue weighted by atomic mass is 9.86. The number of alkyl halides is 7. The fourth-order valence-electron chi connectivity index (χ4n) is 5.78. The minimum absolute atomic E-state index is 0.0848. The lowest BCUT2D eigenvalue weighted by Gasteiger charge is -2.32.